The van der Waals surface area contributed by atoms with Crippen LogP contribution in [0.15, 0.2) is 35.0 Å². The first-order chi connectivity index (χ1) is 10.0. The van der Waals surface area contributed by atoms with Gasteiger partial charge < -0.3 is 16.0 Å². The lowest BCUT2D eigenvalue weighted by Crippen LogP contribution is -1.92. The molecule has 21 heavy (non-hydrogen) atoms. The summed E-state index contributed by atoms with van der Waals surface area (Å²) in [6, 6.07) is 7.18. The van der Waals surface area contributed by atoms with Gasteiger partial charge in [0, 0.05) is 23.1 Å². The van der Waals surface area contributed by atoms with Gasteiger partial charge in [0.05, 0.1) is 0 Å². The van der Waals surface area contributed by atoms with E-state index < -0.39 is 0 Å². The zero-order valence-electron chi connectivity index (χ0n) is 11.8. The van der Waals surface area contributed by atoms with Crippen molar-refractivity contribution >= 4 is 11.4 Å². The van der Waals surface area contributed by atoms with Crippen LogP contribution in [-0.2, 0) is 0 Å². The Morgan fingerprint density at radius 2 is 1.71 bits per heavy atom. The highest BCUT2D eigenvalue weighted by Crippen LogP contribution is 2.26. The first-order valence-corrected chi connectivity index (χ1v) is 6.46. The molecule has 0 unspecified atom stereocenters. The van der Waals surface area contributed by atoms with Crippen LogP contribution in [0.25, 0.3) is 23.0 Å². The van der Waals surface area contributed by atoms with Gasteiger partial charge in [-0.1, -0.05) is 11.2 Å². The van der Waals surface area contributed by atoms with Crippen molar-refractivity contribution in [2.75, 3.05) is 11.5 Å². The topological polar surface area (TPSA) is 104 Å². The molecule has 0 amide bonds. The highest BCUT2D eigenvalue weighted by atomic mass is 16.5. The van der Waals surface area contributed by atoms with Gasteiger partial charge >= 0.3 is 0 Å². The van der Waals surface area contributed by atoms with Gasteiger partial charge in [-0.25, -0.2) is 0 Å². The molecule has 0 radical (unpaired) electrons. The Kier molecular flexibility index (Phi) is 3.06. The zero-order chi connectivity index (χ0) is 15.0. The van der Waals surface area contributed by atoms with E-state index >= 15 is 0 Å². The Balaban J connectivity index is 2.03. The zero-order valence-corrected chi connectivity index (χ0v) is 11.8. The minimum atomic E-state index is 0.366. The normalized spacial score (nSPS) is 10.8. The maximum atomic E-state index is 5.77. The molecule has 6 nitrogen and oxygen atoms in total. The van der Waals surface area contributed by atoms with E-state index in [4.69, 9.17) is 16.0 Å². The molecule has 3 aromatic rings. The molecule has 1 aromatic carbocycles. The van der Waals surface area contributed by atoms with Crippen molar-refractivity contribution in [1.82, 2.24) is 15.1 Å². The van der Waals surface area contributed by atoms with Crippen LogP contribution in [0.4, 0.5) is 11.4 Å². The van der Waals surface area contributed by atoms with Crippen molar-refractivity contribution in [2.45, 2.75) is 13.8 Å². The fourth-order valence-corrected chi connectivity index (χ4v) is 2.19. The Labute approximate surface area is 121 Å². The van der Waals surface area contributed by atoms with Gasteiger partial charge in [0.25, 0.3) is 5.89 Å². The molecule has 0 fully saturated rings. The van der Waals surface area contributed by atoms with E-state index in [0.29, 0.717) is 34.3 Å². The van der Waals surface area contributed by atoms with Crippen LogP contribution in [0, 0.1) is 13.8 Å². The average molecular weight is 281 g/mol. The Morgan fingerprint density at radius 3 is 2.38 bits per heavy atom. The van der Waals surface area contributed by atoms with Crippen molar-refractivity contribution in [2.24, 2.45) is 0 Å². The molecule has 6 heteroatoms. The van der Waals surface area contributed by atoms with E-state index in [0.717, 1.165) is 11.1 Å². The lowest BCUT2D eigenvalue weighted by Gasteiger charge is -2.01. The third kappa shape index (κ3) is 2.55. The third-order valence-electron chi connectivity index (χ3n) is 3.08. The first-order valence-electron chi connectivity index (χ1n) is 6.46. The standard InChI is InChI=1S/C15H15N5O/c1-8-3-9(2)13(18-7-8)14-19-15(21-20-14)10-4-11(16)6-12(17)5-10/h3-7H,16-17H2,1-2H3. The molecule has 0 spiro atoms. The number of nitrogens with two attached hydrogens (primary N) is 2. The van der Waals surface area contributed by atoms with Gasteiger partial charge in [0.2, 0.25) is 5.82 Å². The van der Waals surface area contributed by atoms with Crippen molar-refractivity contribution < 1.29 is 4.52 Å². The largest absolute Gasteiger partial charge is 0.399 e. The molecular formula is C15H15N5O. The van der Waals surface area contributed by atoms with E-state index in [1.807, 2.05) is 19.9 Å². The number of hydrogen-bond donors (Lipinski definition) is 2. The Hall–Kier alpha value is -2.89. The molecule has 0 aliphatic heterocycles. The summed E-state index contributed by atoms with van der Waals surface area (Å²) in [5.74, 6) is 0.814. The second kappa shape index (κ2) is 4.90. The molecule has 0 aliphatic carbocycles. The fraction of sp³-hybridized carbons (Fsp3) is 0.133. The van der Waals surface area contributed by atoms with Crippen LogP contribution in [0.5, 0.6) is 0 Å². The minimum Gasteiger partial charge on any atom is -0.399 e. The monoisotopic (exact) mass is 281 g/mol. The number of nitrogen functional groups attached to an aromatic ring is 2. The van der Waals surface area contributed by atoms with E-state index in [-0.39, 0.29) is 0 Å². The predicted octanol–water partition coefficient (Wildman–Crippen LogP) is 2.58. The number of pyridine rings is 1. The maximum Gasteiger partial charge on any atom is 0.258 e. The van der Waals surface area contributed by atoms with E-state index in [9.17, 15) is 0 Å². The number of nitrogens with zero attached hydrogens (tertiary/aromatic N) is 3. The molecule has 2 heterocycles. The number of anilines is 2. The summed E-state index contributed by atoms with van der Waals surface area (Å²) in [7, 11) is 0. The summed E-state index contributed by atoms with van der Waals surface area (Å²) in [6.45, 7) is 3.95. The lowest BCUT2D eigenvalue weighted by atomic mass is 10.1. The van der Waals surface area contributed by atoms with Gasteiger partial charge in [0.15, 0.2) is 0 Å². The quantitative estimate of drug-likeness (QED) is 0.700. The van der Waals surface area contributed by atoms with Gasteiger partial charge in [0.1, 0.15) is 5.69 Å². The van der Waals surface area contributed by atoms with Gasteiger partial charge in [-0.15, -0.1) is 0 Å². The second-order valence-electron chi connectivity index (χ2n) is 4.99. The molecular weight excluding hydrogens is 266 g/mol. The van der Waals surface area contributed by atoms with Crippen molar-refractivity contribution in [1.29, 1.82) is 0 Å². The molecule has 0 bridgehead atoms. The van der Waals surface area contributed by atoms with Crippen LogP contribution in [0.3, 0.4) is 0 Å². The minimum absolute atomic E-state index is 0.366. The molecule has 0 atom stereocenters. The van der Waals surface area contributed by atoms with E-state index in [2.05, 4.69) is 15.1 Å². The number of aryl methyl sites for hydroxylation is 2. The second-order valence-corrected chi connectivity index (χ2v) is 4.99. The van der Waals surface area contributed by atoms with Gasteiger partial charge in [-0.2, -0.15) is 4.98 Å². The summed E-state index contributed by atoms with van der Waals surface area (Å²) < 4.78 is 5.29. The van der Waals surface area contributed by atoms with E-state index in [1.165, 1.54) is 0 Å². The maximum absolute atomic E-state index is 5.77. The van der Waals surface area contributed by atoms with Gasteiger partial charge in [-0.05, 0) is 43.2 Å². The summed E-state index contributed by atoms with van der Waals surface area (Å²) in [4.78, 5) is 8.73. The number of hydrogen-bond acceptors (Lipinski definition) is 6. The molecule has 4 N–H and O–H groups in total. The molecule has 0 saturated carbocycles. The highest BCUT2D eigenvalue weighted by Gasteiger charge is 2.14. The third-order valence-corrected chi connectivity index (χ3v) is 3.08. The molecule has 0 saturated heterocycles. The average Bonchev–Trinajstić information content (AvgIpc) is 2.87. The Morgan fingerprint density at radius 1 is 1.00 bits per heavy atom. The molecule has 3 rings (SSSR count). The number of rotatable bonds is 2. The van der Waals surface area contributed by atoms with Crippen LogP contribution in [-0.4, -0.2) is 15.1 Å². The SMILES string of the molecule is Cc1cnc(-c2noc(-c3cc(N)cc(N)c3)n2)c(C)c1. The fourth-order valence-electron chi connectivity index (χ4n) is 2.19. The summed E-state index contributed by atoms with van der Waals surface area (Å²) in [5.41, 5.74) is 16.1. The van der Waals surface area contributed by atoms with Crippen molar-refractivity contribution in [3.63, 3.8) is 0 Å². The number of aromatic nitrogens is 3. The molecule has 2 aromatic heterocycles. The van der Waals surface area contributed by atoms with Crippen LogP contribution >= 0.6 is 0 Å². The molecule has 106 valence electrons. The first kappa shape index (κ1) is 13.1. The lowest BCUT2D eigenvalue weighted by molar-refractivity contribution is 0.432. The van der Waals surface area contributed by atoms with Crippen LogP contribution < -0.4 is 11.5 Å². The summed E-state index contributed by atoms with van der Waals surface area (Å²) in [5, 5.41) is 3.98. The van der Waals surface area contributed by atoms with Crippen LogP contribution in [0.2, 0.25) is 0 Å². The Bertz CT molecular complexity index is 789. The smallest absolute Gasteiger partial charge is 0.258 e. The number of benzene rings is 1. The predicted molar refractivity (Wildman–Crippen MR) is 81.3 cm³/mol. The van der Waals surface area contributed by atoms with Crippen LogP contribution in [0.1, 0.15) is 11.1 Å². The summed E-state index contributed by atoms with van der Waals surface area (Å²) in [6.07, 6.45) is 1.77. The van der Waals surface area contributed by atoms with Gasteiger partial charge in [-0.3, -0.25) is 4.98 Å². The highest BCUT2D eigenvalue weighted by molar-refractivity contribution is 5.68. The van der Waals surface area contributed by atoms with Crippen molar-refractivity contribution in [3.05, 3.63) is 41.6 Å². The summed E-state index contributed by atoms with van der Waals surface area (Å²) >= 11 is 0. The molecule has 0 aliphatic rings. The van der Waals surface area contributed by atoms with E-state index in [1.54, 1.807) is 24.4 Å². The van der Waals surface area contributed by atoms with Crippen molar-refractivity contribution in [3.8, 4) is 23.0 Å².